The van der Waals surface area contributed by atoms with E-state index >= 15 is 0 Å². The molecule has 2 rings (SSSR count). The summed E-state index contributed by atoms with van der Waals surface area (Å²) in [4.78, 5) is 0.193. The van der Waals surface area contributed by atoms with Crippen molar-refractivity contribution >= 4 is 27.3 Å². The van der Waals surface area contributed by atoms with Crippen molar-refractivity contribution in [1.29, 1.82) is 0 Å². The normalized spacial score (nSPS) is 11.0. The van der Waals surface area contributed by atoms with Crippen LogP contribution < -0.4 is 9.04 Å². The standard InChI is InChI=1S/C16H16ClNO3S/c1-3-11-18(15-12-13(17)9-10-16(15)21-2)22(19,20)14-7-5-4-6-8-14/h3-10,12H,1,11H2,2H3. The SMILES string of the molecule is C=CCN(c1cc(Cl)ccc1OC)S(=O)(=O)c1ccccc1. The highest BCUT2D eigenvalue weighted by Crippen LogP contribution is 2.34. The van der Waals surface area contributed by atoms with Gasteiger partial charge in [-0.3, -0.25) is 4.31 Å². The molecule has 0 aliphatic carbocycles. The van der Waals surface area contributed by atoms with Crippen molar-refractivity contribution in [3.63, 3.8) is 0 Å². The molecule has 2 aromatic rings. The molecule has 4 nitrogen and oxygen atoms in total. The van der Waals surface area contributed by atoms with Gasteiger partial charge >= 0.3 is 0 Å². The average Bonchev–Trinajstić information content (AvgIpc) is 2.53. The van der Waals surface area contributed by atoms with Crippen molar-refractivity contribution in [3.8, 4) is 5.75 Å². The Morgan fingerprint density at radius 1 is 1.23 bits per heavy atom. The summed E-state index contributed by atoms with van der Waals surface area (Å²) in [5, 5.41) is 0.424. The molecule has 116 valence electrons. The smallest absolute Gasteiger partial charge is 0.264 e. The van der Waals surface area contributed by atoms with Crippen molar-refractivity contribution in [3.05, 3.63) is 66.2 Å². The van der Waals surface area contributed by atoms with E-state index in [1.807, 2.05) is 0 Å². The molecule has 6 heteroatoms. The van der Waals surface area contributed by atoms with Gasteiger partial charge in [-0.25, -0.2) is 8.42 Å². The van der Waals surface area contributed by atoms with E-state index in [0.717, 1.165) is 0 Å². The fraction of sp³-hybridized carbons (Fsp3) is 0.125. The number of rotatable bonds is 6. The molecule has 0 amide bonds. The molecule has 2 aromatic carbocycles. The lowest BCUT2D eigenvalue weighted by atomic mass is 10.3. The van der Waals surface area contributed by atoms with Crippen LogP contribution in [0, 0.1) is 0 Å². The first-order valence-corrected chi connectivity index (χ1v) is 8.34. The number of hydrogen-bond donors (Lipinski definition) is 0. The van der Waals surface area contributed by atoms with Gasteiger partial charge in [0.1, 0.15) is 5.75 Å². The molecular weight excluding hydrogens is 322 g/mol. The zero-order chi connectivity index (χ0) is 16.2. The minimum Gasteiger partial charge on any atom is -0.495 e. The molecule has 0 atom stereocenters. The van der Waals surface area contributed by atoms with Crippen LogP contribution in [0.1, 0.15) is 0 Å². The third-order valence-electron chi connectivity index (χ3n) is 3.04. The number of benzene rings is 2. The van der Waals surface area contributed by atoms with Gasteiger partial charge in [0, 0.05) is 5.02 Å². The summed E-state index contributed by atoms with van der Waals surface area (Å²) in [6.45, 7) is 3.74. The first-order chi connectivity index (χ1) is 10.5. The maximum atomic E-state index is 12.9. The molecular formula is C16H16ClNO3S. The van der Waals surface area contributed by atoms with Crippen LogP contribution in [0.3, 0.4) is 0 Å². The van der Waals surface area contributed by atoms with Crippen molar-refractivity contribution < 1.29 is 13.2 Å². The first kappa shape index (κ1) is 16.4. The Labute approximate surface area is 135 Å². The molecule has 0 spiro atoms. The quantitative estimate of drug-likeness (QED) is 0.754. The lowest BCUT2D eigenvalue weighted by Gasteiger charge is -2.25. The van der Waals surface area contributed by atoms with E-state index in [2.05, 4.69) is 6.58 Å². The van der Waals surface area contributed by atoms with Crippen LogP contribution in [0.5, 0.6) is 5.75 Å². The van der Waals surface area contributed by atoms with Crippen LogP contribution in [0.15, 0.2) is 66.1 Å². The molecule has 0 fully saturated rings. The molecule has 0 radical (unpaired) electrons. The van der Waals surface area contributed by atoms with Crippen LogP contribution >= 0.6 is 11.6 Å². The largest absolute Gasteiger partial charge is 0.495 e. The lowest BCUT2D eigenvalue weighted by Crippen LogP contribution is -2.31. The van der Waals surface area contributed by atoms with Crippen molar-refractivity contribution in [2.75, 3.05) is 18.0 Å². The Hall–Kier alpha value is -1.98. The van der Waals surface area contributed by atoms with E-state index in [9.17, 15) is 8.42 Å². The summed E-state index contributed by atoms with van der Waals surface area (Å²) >= 11 is 6.01. The first-order valence-electron chi connectivity index (χ1n) is 6.53. The van der Waals surface area contributed by atoms with E-state index in [-0.39, 0.29) is 11.4 Å². The maximum Gasteiger partial charge on any atom is 0.264 e. The van der Waals surface area contributed by atoms with Gasteiger partial charge in [-0.2, -0.15) is 0 Å². The molecule has 0 heterocycles. The van der Waals surface area contributed by atoms with Crippen LogP contribution in [0.2, 0.25) is 5.02 Å². The zero-order valence-electron chi connectivity index (χ0n) is 12.1. The van der Waals surface area contributed by atoms with Crippen molar-refractivity contribution in [2.45, 2.75) is 4.90 Å². The Kier molecular flexibility index (Phi) is 5.11. The van der Waals surface area contributed by atoms with Crippen molar-refractivity contribution in [1.82, 2.24) is 0 Å². The van der Waals surface area contributed by atoms with Crippen LogP contribution in [-0.2, 0) is 10.0 Å². The fourth-order valence-corrected chi connectivity index (χ4v) is 3.65. The highest BCUT2D eigenvalue weighted by atomic mass is 35.5. The number of ether oxygens (including phenoxy) is 1. The number of anilines is 1. The highest BCUT2D eigenvalue weighted by Gasteiger charge is 2.26. The summed E-state index contributed by atoms with van der Waals surface area (Å²) < 4.78 is 32.2. The number of hydrogen-bond acceptors (Lipinski definition) is 3. The van der Waals surface area contributed by atoms with E-state index in [0.29, 0.717) is 16.5 Å². The Morgan fingerprint density at radius 3 is 2.50 bits per heavy atom. The molecule has 0 bridgehead atoms. The molecule has 0 aliphatic rings. The van der Waals surface area contributed by atoms with Gasteiger partial charge in [0.15, 0.2) is 0 Å². The van der Waals surface area contributed by atoms with Crippen molar-refractivity contribution in [2.24, 2.45) is 0 Å². The summed E-state index contributed by atoms with van der Waals surface area (Å²) in [6.07, 6.45) is 1.51. The van der Waals surface area contributed by atoms with Gasteiger partial charge in [-0.1, -0.05) is 35.9 Å². The van der Waals surface area contributed by atoms with Gasteiger partial charge in [-0.05, 0) is 30.3 Å². The third kappa shape index (κ3) is 3.26. The molecule has 22 heavy (non-hydrogen) atoms. The van der Waals surface area contributed by atoms with E-state index in [1.54, 1.807) is 48.5 Å². The number of halogens is 1. The number of sulfonamides is 1. The second-order valence-electron chi connectivity index (χ2n) is 4.45. The van der Waals surface area contributed by atoms with Gasteiger partial charge in [0.25, 0.3) is 10.0 Å². The number of methoxy groups -OCH3 is 1. The average molecular weight is 338 g/mol. The van der Waals surface area contributed by atoms with E-state index < -0.39 is 10.0 Å². The molecule has 0 saturated heterocycles. The summed E-state index contributed by atoms with van der Waals surface area (Å²) in [5.41, 5.74) is 0.374. The molecule has 0 aromatic heterocycles. The lowest BCUT2D eigenvalue weighted by molar-refractivity contribution is 0.415. The Morgan fingerprint density at radius 2 is 1.91 bits per heavy atom. The molecule has 0 saturated carbocycles. The predicted octanol–water partition coefficient (Wildman–Crippen LogP) is 3.73. The molecule has 0 unspecified atom stereocenters. The topological polar surface area (TPSA) is 46.6 Å². The van der Waals surface area contributed by atoms with Crippen LogP contribution in [0.4, 0.5) is 5.69 Å². The third-order valence-corrected chi connectivity index (χ3v) is 5.06. The van der Waals surface area contributed by atoms with Gasteiger partial charge in [0.2, 0.25) is 0 Å². The number of nitrogens with zero attached hydrogens (tertiary/aromatic N) is 1. The summed E-state index contributed by atoms with van der Waals surface area (Å²) in [5.74, 6) is 0.422. The zero-order valence-corrected chi connectivity index (χ0v) is 13.6. The molecule has 0 N–H and O–H groups in total. The predicted molar refractivity (Wildman–Crippen MR) is 89.2 cm³/mol. The Balaban J connectivity index is 2.61. The maximum absolute atomic E-state index is 12.9. The second-order valence-corrected chi connectivity index (χ2v) is 6.75. The summed E-state index contributed by atoms with van der Waals surface area (Å²) in [6, 6.07) is 13.0. The fourth-order valence-electron chi connectivity index (χ4n) is 2.02. The van der Waals surface area contributed by atoms with Crippen LogP contribution in [0.25, 0.3) is 0 Å². The molecule has 0 aliphatic heterocycles. The Bertz CT molecular complexity index is 760. The van der Waals surface area contributed by atoms with Gasteiger partial charge in [-0.15, -0.1) is 6.58 Å². The summed E-state index contributed by atoms with van der Waals surface area (Å²) in [7, 11) is -2.26. The van der Waals surface area contributed by atoms with Crippen LogP contribution in [-0.4, -0.2) is 22.1 Å². The highest BCUT2D eigenvalue weighted by molar-refractivity contribution is 7.92. The monoisotopic (exact) mass is 337 g/mol. The minimum atomic E-state index is -3.74. The minimum absolute atomic E-state index is 0.105. The second kappa shape index (κ2) is 6.85. The van der Waals surface area contributed by atoms with E-state index in [1.165, 1.54) is 17.5 Å². The van der Waals surface area contributed by atoms with Gasteiger partial charge < -0.3 is 4.74 Å². The van der Waals surface area contributed by atoms with E-state index in [4.69, 9.17) is 16.3 Å². The van der Waals surface area contributed by atoms with Gasteiger partial charge in [0.05, 0.1) is 24.2 Å².